The summed E-state index contributed by atoms with van der Waals surface area (Å²) >= 11 is 5.95. The zero-order chi connectivity index (χ0) is 14.8. The molecule has 0 atom stereocenters. The highest BCUT2D eigenvalue weighted by Gasteiger charge is 2.12. The number of hydrogen-bond acceptors (Lipinski definition) is 3. The van der Waals surface area contributed by atoms with Gasteiger partial charge in [0.1, 0.15) is 5.69 Å². The van der Waals surface area contributed by atoms with Crippen molar-refractivity contribution in [2.24, 2.45) is 0 Å². The predicted octanol–water partition coefficient (Wildman–Crippen LogP) is 3.72. The molecule has 3 N–H and O–H groups in total. The van der Waals surface area contributed by atoms with Crippen molar-refractivity contribution in [1.82, 2.24) is 4.98 Å². The van der Waals surface area contributed by atoms with Gasteiger partial charge in [0.05, 0.1) is 10.7 Å². The van der Waals surface area contributed by atoms with Crippen molar-refractivity contribution in [3.8, 4) is 0 Å². The van der Waals surface area contributed by atoms with Gasteiger partial charge >= 0.3 is 0 Å². The van der Waals surface area contributed by atoms with Crippen LogP contribution in [0.3, 0.4) is 0 Å². The number of anilines is 2. The second-order valence-corrected chi connectivity index (χ2v) is 4.98. The van der Waals surface area contributed by atoms with Crippen molar-refractivity contribution >= 4 is 39.7 Å². The number of amides is 1. The van der Waals surface area contributed by atoms with Crippen LogP contribution in [-0.2, 0) is 0 Å². The summed E-state index contributed by atoms with van der Waals surface area (Å²) in [5.74, 6) is -0.285. The van der Waals surface area contributed by atoms with Crippen molar-refractivity contribution in [1.29, 1.82) is 0 Å². The Morgan fingerprint density at radius 3 is 2.76 bits per heavy atom. The highest BCUT2D eigenvalue weighted by molar-refractivity contribution is 6.33. The minimum Gasteiger partial charge on any atom is -0.398 e. The number of aromatic nitrogens is 1. The summed E-state index contributed by atoms with van der Waals surface area (Å²) < 4.78 is 0. The van der Waals surface area contributed by atoms with E-state index in [1.54, 1.807) is 24.4 Å². The number of nitrogens with one attached hydrogen (secondary N) is 1. The van der Waals surface area contributed by atoms with Gasteiger partial charge in [0.15, 0.2) is 0 Å². The Morgan fingerprint density at radius 1 is 1.14 bits per heavy atom. The molecule has 2 aromatic carbocycles. The number of carbonyl (C=O) groups is 1. The quantitative estimate of drug-likeness (QED) is 0.708. The van der Waals surface area contributed by atoms with Crippen LogP contribution in [0, 0.1) is 0 Å². The lowest BCUT2D eigenvalue weighted by molar-refractivity contribution is 0.102. The van der Waals surface area contributed by atoms with E-state index < -0.39 is 0 Å². The largest absolute Gasteiger partial charge is 0.398 e. The van der Waals surface area contributed by atoms with E-state index in [1.165, 1.54) is 0 Å². The van der Waals surface area contributed by atoms with Crippen LogP contribution in [0.1, 0.15) is 10.5 Å². The zero-order valence-corrected chi connectivity index (χ0v) is 11.8. The molecule has 3 rings (SSSR count). The summed E-state index contributed by atoms with van der Waals surface area (Å²) in [4.78, 5) is 16.5. The first-order valence-corrected chi connectivity index (χ1v) is 6.73. The third-order valence-corrected chi connectivity index (χ3v) is 3.47. The van der Waals surface area contributed by atoms with Crippen LogP contribution in [0.5, 0.6) is 0 Å². The van der Waals surface area contributed by atoms with Crippen LogP contribution >= 0.6 is 11.6 Å². The Balaban J connectivity index is 1.95. The number of fused-ring (bicyclic) bond motifs is 1. The molecule has 0 fully saturated rings. The van der Waals surface area contributed by atoms with E-state index in [4.69, 9.17) is 17.3 Å². The molecule has 0 aliphatic rings. The second kappa shape index (κ2) is 5.42. The van der Waals surface area contributed by atoms with Crippen molar-refractivity contribution in [2.45, 2.75) is 0 Å². The van der Waals surface area contributed by atoms with Crippen LogP contribution in [0.2, 0.25) is 5.02 Å². The second-order valence-electron chi connectivity index (χ2n) is 4.57. The molecular weight excluding hydrogens is 286 g/mol. The van der Waals surface area contributed by atoms with E-state index >= 15 is 0 Å². The maximum Gasteiger partial charge on any atom is 0.274 e. The van der Waals surface area contributed by atoms with Gasteiger partial charge in [0, 0.05) is 17.3 Å². The maximum absolute atomic E-state index is 12.4. The van der Waals surface area contributed by atoms with Crippen LogP contribution in [0.15, 0.2) is 54.7 Å². The van der Waals surface area contributed by atoms with E-state index in [-0.39, 0.29) is 5.91 Å². The first kappa shape index (κ1) is 13.4. The topological polar surface area (TPSA) is 68.0 Å². The van der Waals surface area contributed by atoms with Crippen molar-refractivity contribution in [2.75, 3.05) is 11.1 Å². The Bertz CT molecular complexity index is 827. The minimum atomic E-state index is -0.285. The number of rotatable bonds is 2. The SMILES string of the molecule is Nc1ccc(NC(=O)c2nccc3ccccc23)cc1Cl. The molecule has 1 aromatic heterocycles. The molecule has 0 radical (unpaired) electrons. The van der Waals surface area contributed by atoms with Gasteiger partial charge in [-0.2, -0.15) is 0 Å². The van der Waals surface area contributed by atoms with Crippen LogP contribution in [-0.4, -0.2) is 10.9 Å². The average molecular weight is 298 g/mol. The standard InChI is InChI=1S/C16H12ClN3O/c17-13-9-11(5-6-14(13)18)20-16(21)15-12-4-2-1-3-10(12)7-8-19-15/h1-9H,18H2,(H,20,21). The van der Waals surface area contributed by atoms with Gasteiger partial charge in [-0.25, -0.2) is 0 Å². The van der Waals surface area contributed by atoms with Gasteiger partial charge in [-0.15, -0.1) is 0 Å². The number of halogens is 1. The summed E-state index contributed by atoms with van der Waals surface area (Å²) in [5, 5.41) is 4.95. The maximum atomic E-state index is 12.4. The number of hydrogen-bond donors (Lipinski definition) is 2. The highest BCUT2D eigenvalue weighted by Crippen LogP contribution is 2.23. The third-order valence-electron chi connectivity index (χ3n) is 3.15. The van der Waals surface area contributed by atoms with E-state index in [0.29, 0.717) is 22.1 Å². The van der Waals surface area contributed by atoms with E-state index in [9.17, 15) is 4.79 Å². The normalized spacial score (nSPS) is 10.5. The number of nitrogens with two attached hydrogens (primary N) is 1. The van der Waals surface area contributed by atoms with Gasteiger partial charge in [-0.05, 0) is 29.7 Å². The summed E-state index contributed by atoms with van der Waals surface area (Å²) in [5.41, 5.74) is 7.07. The smallest absolute Gasteiger partial charge is 0.274 e. The van der Waals surface area contributed by atoms with Crippen LogP contribution in [0.4, 0.5) is 11.4 Å². The van der Waals surface area contributed by atoms with E-state index in [0.717, 1.165) is 10.8 Å². The van der Waals surface area contributed by atoms with Gasteiger partial charge in [-0.3, -0.25) is 9.78 Å². The molecule has 0 unspecified atom stereocenters. The Morgan fingerprint density at radius 2 is 1.95 bits per heavy atom. The van der Waals surface area contributed by atoms with Gasteiger partial charge in [0.25, 0.3) is 5.91 Å². The summed E-state index contributed by atoms with van der Waals surface area (Å²) in [6, 6.07) is 14.4. The van der Waals surface area contributed by atoms with Crippen molar-refractivity contribution in [3.63, 3.8) is 0 Å². The summed E-state index contributed by atoms with van der Waals surface area (Å²) in [7, 11) is 0. The first-order valence-electron chi connectivity index (χ1n) is 6.35. The lowest BCUT2D eigenvalue weighted by atomic mass is 10.1. The van der Waals surface area contributed by atoms with Gasteiger partial charge in [-0.1, -0.05) is 35.9 Å². The number of carbonyl (C=O) groups excluding carboxylic acids is 1. The molecule has 0 saturated carbocycles. The number of nitrogens with zero attached hydrogens (tertiary/aromatic N) is 1. The molecule has 21 heavy (non-hydrogen) atoms. The monoisotopic (exact) mass is 297 g/mol. The minimum absolute atomic E-state index is 0.285. The number of benzene rings is 2. The molecule has 0 spiro atoms. The fraction of sp³-hybridized carbons (Fsp3) is 0. The zero-order valence-electron chi connectivity index (χ0n) is 11.0. The Kier molecular flexibility index (Phi) is 3.46. The molecule has 0 bridgehead atoms. The molecule has 0 saturated heterocycles. The molecular formula is C16H12ClN3O. The molecule has 104 valence electrons. The Hall–Kier alpha value is -2.59. The summed E-state index contributed by atoms with van der Waals surface area (Å²) in [6.45, 7) is 0. The molecule has 1 heterocycles. The van der Waals surface area contributed by atoms with Crippen molar-refractivity contribution in [3.05, 3.63) is 65.4 Å². The Labute approximate surface area is 126 Å². The molecule has 0 aliphatic carbocycles. The fourth-order valence-electron chi connectivity index (χ4n) is 2.10. The van der Waals surface area contributed by atoms with Crippen molar-refractivity contribution < 1.29 is 4.79 Å². The number of nitrogen functional groups attached to an aromatic ring is 1. The lowest BCUT2D eigenvalue weighted by Crippen LogP contribution is -2.14. The van der Waals surface area contributed by atoms with Crippen LogP contribution in [0.25, 0.3) is 10.8 Å². The fourth-order valence-corrected chi connectivity index (χ4v) is 2.28. The number of pyridine rings is 1. The molecule has 4 nitrogen and oxygen atoms in total. The highest BCUT2D eigenvalue weighted by atomic mass is 35.5. The predicted molar refractivity (Wildman–Crippen MR) is 85.6 cm³/mol. The van der Waals surface area contributed by atoms with Gasteiger partial charge < -0.3 is 11.1 Å². The molecule has 5 heteroatoms. The molecule has 3 aromatic rings. The average Bonchev–Trinajstić information content (AvgIpc) is 2.50. The summed E-state index contributed by atoms with van der Waals surface area (Å²) in [6.07, 6.45) is 1.62. The van der Waals surface area contributed by atoms with Gasteiger partial charge in [0.2, 0.25) is 0 Å². The molecule has 0 aliphatic heterocycles. The van der Waals surface area contributed by atoms with E-state index in [1.807, 2.05) is 30.3 Å². The lowest BCUT2D eigenvalue weighted by Gasteiger charge is -2.08. The first-order chi connectivity index (χ1) is 10.1. The van der Waals surface area contributed by atoms with E-state index in [2.05, 4.69) is 10.3 Å². The van der Waals surface area contributed by atoms with Crippen LogP contribution < -0.4 is 11.1 Å². The molecule has 1 amide bonds. The third kappa shape index (κ3) is 2.66.